The van der Waals surface area contributed by atoms with Crippen LogP contribution in [0.15, 0.2) is 36.5 Å². The molecule has 0 radical (unpaired) electrons. The molecule has 1 aliphatic heterocycles. The van der Waals surface area contributed by atoms with E-state index in [9.17, 15) is 9.90 Å². The Hall–Kier alpha value is -2.41. The highest BCUT2D eigenvalue weighted by Crippen LogP contribution is 2.28. The number of carbonyl (C=O) groups is 1. The minimum atomic E-state index is -0.692. The number of likely N-dealkylation sites (tertiary alicyclic amines) is 1. The topological polar surface area (TPSA) is 80.5 Å². The van der Waals surface area contributed by atoms with Crippen LogP contribution in [-0.2, 0) is 4.74 Å². The summed E-state index contributed by atoms with van der Waals surface area (Å²) in [5.41, 5.74) is 1.11. The number of para-hydroxylation sites is 1. The summed E-state index contributed by atoms with van der Waals surface area (Å²) < 4.78 is 7.07. The summed E-state index contributed by atoms with van der Waals surface area (Å²) in [5, 5.41) is 18.9. The minimum absolute atomic E-state index is 0.142. The van der Waals surface area contributed by atoms with Crippen molar-refractivity contribution in [2.24, 2.45) is 0 Å². The van der Waals surface area contributed by atoms with Gasteiger partial charge in [-0.05, 0) is 39.3 Å². The zero-order valence-corrected chi connectivity index (χ0v) is 14.8. The third-order valence-corrected chi connectivity index (χ3v) is 4.15. The lowest BCUT2D eigenvalue weighted by Gasteiger charge is -2.35. The highest BCUT2D eigenvalue weighted by Gasteiger charge is 2.34. The van der Waals surface area contributed by atoms with Crippen LogP contribution in [0.2, 0.25) is 0 Å². The number of benzene rings is 1. The van der Waals surface area contributed by atoms with Crippen molar-refractivity contribution in [1.82, 2.24) is 19.9 Å². The van der Waals surface area contributed by atoms with Gasteiger partial charge in [0.25, 0.3) is 0 Å². The van der Waals surface area contributed by atoms with Gasteiger partial charge in [0.15, 0.2) is 0 Å². The molecule has 134 valence electrons. The number of rotatable bonds is 2. The number of β-amino-alcohol motifs (C(OH)–C–C–N with tert-alkyl or cyclic N) is 1. The molecule has 7 nitrogen and oxygen atoms in total. The number of nitrogens with zero attached hydrogens (tertiary/aromatic N) is 4. The van der Waals surface area contributed by atoms with Gasteiger partial charge < -0.3 is 14.7 Å². The Kier molecular flexibility index (Phi) is 4.76. The van der Waals surface area contributed by atoms with Gasteiger partial charge in [-0.1, -0.05) is 23.4 Å². The van der Waals surface area contributed by atoms with Crippen molar-refractivity contribution in [3.63, 3.8) is 0 Å². The third-order valence-electron chi connectivity index (χ3n) is 4.15. The fourth-order valence-electron chi connectivity index (χ4n) is 2.92. The van der Waals surface area contributed by atoms with Gasteiger partial charge in [0.1, 0.15) is 5.60 Å². The van der Waals surface area contributed by atoms with E-state index >= 15 is 0 Å². The molecule has 1 aromatic heterocycles. The first-order chi connectivity index (χ1) is 11.8. The maximum absolute atomic E-state index is 12.2. The second-order valence-electron chi connectivity index (χ2n) is 7.31. The van der Waals surface area contributed by atoms with E-state index in [0.717, 1.165) is 11.4 Å². The Morgan fingerprint density at radius 3 is 2.64 bits per heavy atom. The lowest BCUT2D eigenvalue weighted by Crippen LogP contribution is -2.47. The summed E-state index contributed by atoms with van der Waals surface area (Å²) >= 11 is 0. The van der Waals surface area contributed by atoms with E-state index in [-0.39, 0.29) is 12.5 Å². The molecule has 3 rings (SSSR count). The van der Waals surface area contributed by atoms with Crippen molar-refractivity contribution < 1.29 is 14.6 Å². The molecule has 1 amide bonds. The van der Waals surface area contributed by atoms with Gasteiger partial charge in [-0.25, -0.2) is 9.48 Å². The van der Waals surface area contributed by atoms with E-state index in [2.05, 4.69) is 10.3 Å². The molecule has 0 aliphatic carbocycles. The fraction of sp³-hybridized carbons (Fsp3) is 0.500. The number of aliphatic hydroxyl groups excluding tert-OH is 1. The van der Waals surface area contributed by atoms with Gasteiger partial charge in [0, 0.05) is 12.5 Å². The van der Waals surface area contributed by atoms with Crippen molar-refractivity contribution in [3.8, 4) is 5.69 Å². The van der Waals surface area contributed by atoms with E-state index in [1.807, 2.05) is 57.3 Å². The Balaban J connectivity index is 1.66. The number of carbonyl (C=O) groups excluding carboxylic acids is 1. The van der Waals surface area contributed by atoms with Crippen LogP contribution in [0.4, 0.5) is 4.79 Å². The van der Waals surface area contributed by atoms with E-state index < -0.39 is 17.8 Å². The molecule has 0 bridgehead atoms. The van der Waals surface area contributed by atoms with Crippen LogP contribution in [0.1, 0.15) is 38.8 Å². The SMILES string of the molecule is CC(C)(C)OC(=O)N1CC[C@@H](c2cn(-c3ccccc3)nn2)[C@H](O)C1. The van der Waals surface area contributed by atoms with E-state index in [1.54, 1.807) is 9.58 Å². The first kappa shape index (κ1) is 17.4. The maximum Gasteiger partial charge on any atom is 0.410 e. The molecule has 2 atom stereocenters. The summed E-state index contributed by atoms with van der Waals surface area (Å²) in [4.78, 5) is 13.7. The molecular formula is C18H24N4O3. The molecule has 0 unspecified atom stereocenters. The van der Waals surface area contributed by atoms with Gasteiger partial charge in [0.2, 0.25) is 0 Å². The molecule has 1 fully saturated rings. The van der Waals surface area contributed by atoms with Gasteiger partial charge in [0.05, 0.1) is 30.2 Å². The Labute approximate surface area is 147 Å². The number of hydrogen-bond donors (Lipinski definition) is 1. The standard InChI is InChI=1S/C18H24N4O3/c1-18(2,3)25-17(24)21-10-9-14(16(23)12-21)15-11-22(20-19-15)13-7-5-4-6-8-13/h4-8,11,14,16,23H,9-10,12H2,1-3H3/t14-,16+/m0/s1. The lowest BCUT2D eigenvalue weighted by molar-refractivity contribution is -0.00191. The summed E-state index contributed by atoms with van der Waals surface area (Å²) in [6, 6.07) is 9.70. The van der Waals surface area contributed by atoms with Gasteiger partial charge >= 0.3 is 6.09 Å². The number of ether oxygens (including phenoxy) is 1. The molecule has 1 aromatic carbocycles. The van der Waals surface area contributed by atoms with Crippen molar-refractivity contribution in [2.45, 2.75) is 44.8 Å². The third kappa shape index (κ3) is 4.17. The maximum atomic E-state index is 12.2. The van der Waals surface area contributed by atoms with Gasteiger partial charge in [-0.15, -0.1) is 5.10 Å². The molecule has 25 heavy (non-hydrogen) atoms. The second-order valence-corrected chi connectivity index (χ2v) is 7.31. The molecule has 0 saturated carbocycles. The first-order valence-corrected chi connectivity index (χ1v) is 8.47. The van der Waals surface area contributed by atoms with E-state index in [0.29, 0.717) is 13.0 Å². The summed E-state index contributed by atoms with van der Waals surface area (Å²) in [5.74, 6) is -0.142. The number of amides is 1. The van der Waals surface area contributed by atoms with Crippen molar-refractivity contribution in [3.05, 3.63) is 42.2 Å². The first-order valence-electron chi connectivity index (χ1n) is 8.47. The monoisotopic (exact) mass is 344 g/mol. The zero-order chi connectivity index (χ0) is 18.0. The van der Waals surface area contributed by atoms with Crippen LogP contribution in [0.5, 0.6) is 0 Å². The number of hydrogen-bond acceptors (Lipinski definition) is 5. The predicted molar refractivity (Wildman–Crippen MR) is 92.5 cm³/mol. The fourth-order valence-corrected chi connectivity index (χ4v) is 2.92. The lowest BCUT2D eigenvalue weighted by atomic mass is 9.91. The average Bonchev–Trinajstić information content (AvgIpc) is 3.03. The molecule has 0 spiro atoms. The van der Waals surface area contributed by atoms with E-state index in [4.69, 9.17) is 4.74 Å². The molecule has 1 aliphatic rings. The predicted octanol–water partition coefficient (Wildman–Crippen LogP) is 2.35. The highest BCUT2D eigenvalue weighted by atomic mass is 16.6. The highest BCUT2D eigenvalue weighted by molar-refractivity contribution is 5.68. The van der Waals surface area contributed by atoms with Crippen LogP contribution in [0.3, 0.4) is 0 Å². The largest absolute Gasteiger partial charge is 0.444 e. The Morgan fingerprint density at radius 2 is 2.00 bits per heavy atom. The quantitative estimate of drug-likeness (QED) is 0.904. The molecule has 1 saturated heterocycles. The average molecular weight is 344 g/mol. The summed E-state index contributed by atoms with van der Waals surface area (Å²) in [7, 11) is 0. The van der Waals surface area contributed by atoms with Crippen LogP contribution in [0.25, 0.3) is 5.69 Å². The van der Waals surface area contributed by atoms with Gasteiger partial charge in [-0.2, -0.15) is 0 Å². The van der Waals surface area contributed by atoms with Crippen LogP contribution < -0.4 is 0 Å². The van der Waals surface area contributed by atoms with Crippen molar-refractivity contribution in [1.29, 1.82) is 0 Å². The number of aromatic nitrogens is 3. The van der Waals surface area contributed by atoms with Crippen LogP contribution in [-0.4, -0.2) is 55.9 Å². The minimum Gasteiger partial charge on any atom is -0.444 e. The van der Waals surface area contributed by atoms with Crippen LogP contribution in [0, 0.1) is 0 Å². The van der Waals surface area contributed by atoms with Crippen molar-refractivity contribution in [2.75, 3.05) is 13.1 Å². The second kappa shape index (κ2) is 6.84. The molecule has 2 aromatic rings. The summed E-state index contributed by atoms with van der Waals surface area (Å²) in [6.07, 6.45) is 1.38. The normalized spacial score (nSPS) is 21.2. The summed E-state index contributed by atoms with van der Waals surface area (Å²) in [6.45, 7) is 6.24. The van der Waals surface area contributed by atoms with E-state index in [1.165, 1.54) is 0 Å². The smallest absolute Gasteiger partial charge is 0.410 e. The molecule has 7 heteroatoms. The molecule has 2 heterocycles. The van der Waals surface area contributed by atoms with Gasteiger partial charge in [-0.3, -0.25) is 0 Å². The zero-order valence-electron chi connectivity index (χ0n) is 14.8. The molecular weight excluding hydrogens is 320 g/mol. The number of aliphatic hydroxyl groups is 1. The van der Waals surface area contributed by atoms with Crippen molar-refractivity contribution >= 4 is 6.09 Å². The Morgan fingerprint density at radius 1 is 1.28 bits per heavy atom. The Bertz CT molecular complexity index is 723. The number of piperidine rings is 1. The molecule has 1 N–H and O–H groups in total. The van der Waals surface area contributed by atoms with Crippen LogP contribution >= 0.6 is 0 Å².